The van der Waals surface area contributed by atoms with Gasteiger partial charge < -0.3 is 25.6 Å². The molecule has 0 saturated heterocycles. The molecule has 154 valence electrons. The van der Waals surface area contributed by atoms with Crippen LogP contribution in [0.4, 0.5) is 4.79 Å². The number of carbonyl (C=O) groups is 3. The summed E-state index contributed by atoms with van der Waals surface area (Å²) in [6, 6.07) is -1.35. The number of amides is 1. The van der Waals surface area contributed by atoms with Crippen LogP contribution in [0.3, 0.4) is 0 Å². The Morgan fingerprint density at radius 3 is 2.12 bits per heavy atom. The Hall–Kier alpha value is -1.48. The summed E-state index contributed by atoms with van der Waals surface area (Å²) < 4.78 is 9.70. The number of alkyl carbamates (subject to hydrolysis) is 1. The molecule has 8 nitrogen and oxygen atoms in total. The van der Waals surface area contributed by atoms with Crippen molar-refractivity contribution in [1.29, 1.82) is 0 Å². The minimum absolute atomic E-state index is 0.0718. The number of carboxylic acid groups (broad SMARTS) is 1. The van der Waals surface area contributed by atoms with Crippen LogP contribution in [-0.4, -0.2) is 59.9 Å². The van der Waals surface area contributed by atoms with Crippen LogP contribution >= 0.6 is 11.8 Å². The molecule has 0 heterocycles. The van der Waals surface area contributed by atoms with Crippen LogP contribution in [0.25, 0.3) is 0 Å². The molecule has 0 fully saturated rings. The van der Waals surface area contributed by atoms with Crippen LogP contribution in [0, 0.1) is 5.92 Å². The molecule has 0 aromatic heterocycles. The summed E-state index contributed by atoms with van der Waals surface area (Å²) in [7, 11) is 1.30. The summed E-state index contributed by atoms with van der Waals surface area (Å²) in [6.45, 7) is 9.05. The van der Waals surface area contributed by atoms with E-state index in [9.17, 15) is 14.4 Å². The molecule has 0 aromatic carbocycles. The third-order valence-electron chi connectivity index (χ3n) is 3.33. The summed E-state index contributed by atoms with van der Waals surface area (Å²) in [4.78, 5) is 33.1. The monoisotopic (exact) mass is 394 g/mol. The summed E-state index contributed by atoms with van der Waals surface area (Å²) in [5.41, 5.74) is 4.69. The molecule has 26 heavy (non-hydrogen) atoms. The Labute approximate surface area is 160 Å². The molecule has 0 aliphatic heterocycles. The van der Waals surface area contributed by atoms with E-state index in [1.807, 2.05) is 20.1 Å². The minimum Gasteiger partial charge on any atom is -0.480 e. The standard InChI is InChI=1S/C11H21NO4S.C6H13NO2/c1-11(2,3)16-10(14)12-8(6-7-17-5)9(13)15-4;1-3-4(2)5(7)6(8)9/h8H,6-7H2,1-5H3,(H,12,14);4-5H,3,7H2,1-2H3,(H,8,9)/t8-;4-,5-/m10/s1. The Bertz CT molecular complexity index is 439. The molecular weight excluding hydrogens is 360 g/mol. The van der Waals surface area contributed by atoms with Gasteiger partial charge in [0.25, 0.3) is 0 Å². The summed E-state index contributed by atoms with van der Waals surface area (Å²) in [5, 5.41) is 10.9. The first-order valence-electron chi connectivity index (χ1n) is 8.44. The van der Waals surface area contributed by atoms with Gasteiger partial charge in [-0.2, -0.15) is 11.8 Å². The third kappa shape index (κ3) is 13.8. The first kappa shape index (κ1) is 26.7. The topological polar surface area (TPSA) is 128 Å². The fourth-order valence-electron chi connectivity index (χ4n) is 1.57. The van der Waals surface area contributed by atoms with Crippen molar-refractivity contribution >= 4 is 29.8 Å². The average Bonchev–Trinajstić information content (AvgIpc) is 2.55. The van der Waals surface area contributed by atoms with E-state index in [2.05, 4.69) is 10.1 Å². The van der Waals surface area contributed by atoms with Gasteiger partial charge in [0.15, 0.2) is 0 Å². The lowest BCUT2D eigenvalue weighted by molar-refractivity contribution is -0.143. The van der Waals surface area contributed by atoms with E-state index in [1.165, 1.54) is 7.11 Å². The lowest BCUT2D eigenvalue weighted by Crippen LogP contribution is -2.44. The number of rotatable bonds is 8. The van der Waals surface area contributed by atoms with Crippen LogP contribution in [0.2, 0.25) is 0 Å². The fourth-order valence-corrected chi connectivity index (χ4v) is 2.05. The van der Waals surface area contributed by atoms with E-state index in [-0.39, 0.29) is 5.92 Å². The van der Waals surface area contributed by atoms with E-state index in [0.717, 1.165) is 12.2 Å². The van der Waals surface area contributed by atoms with Gasteiger partial charge in [-0.05, 0) is 45.1 Å². The maximum absolute atomic E-state index is 11.5. The van der Waals surface area contributed by atoms with Crippen LogP contribution < -0.4 is 11.1 Å². The lowest BCUT2D eigenvalue weighted by atomic mass is 10.0. The number of methoxy groups -OCH3 is 1. The van der Waals surface area contributed by atoms with Crippen LogP contribution in [0.15, 0.2) is 0 Å². The van der Waals surface area contributed by atoms with Gasteiger partial charge in [-0.15, -0.1) is 0 Å². The summed E-state index contributed by atoms with van der Waals surface area (Å²) in [6.07, 6.45) is 2.66. The Balaban J connectivity index is 0. The first-order valence-corrected chi connectivity index (χ1v) is 9.83. The third-order valence-corrected chi connectivity index (χ3v) is 3.97. The molecule has 0 unspecified atom stereocenters. The van der Waals surface area contributed by atoms with Gasteiger partial charge in [0.05, 0.1) is 7.11 Å². The van der Waals surface area contributed by atoms with E-state index >= 15 is 0 Å². The van der Waals surface area contributed by atoms with Gasteiger partial charge in [-0.3, -0.25) is 4.79 Å². The molecule has 0 radical (unpaired) electrons. The largest absolute Gasteiger partial charge is 0.480 e. The van der Waals surface area contributed by atoms with Gasteiger partial charge in [0, 0.05) is 0 Å². The van der Waals surface area contributed by atoms with Crippen molar-refractivity contribution in [1.82, 2.24) is 5.32 Å². The number of nitrogens with two attached hydrogens (primary N) is 1. The van der Waals surface area contributed by atoms with Crippen LogP contribution in [-0.2, 0) is 19.1 Å². The first-order chi connectivity index (χ1) is 11.9. The molecule has 0 spiro atoms. The summed E-state index contributed by atoms with van der Waals surface area (Å²) in [5.74, 6) is -0.535. The number of aliphatic carboxylic acids is 1. The molecule has 4 N–H and O–H groups in total. The molecule has 0 aliphatic carbocycles. The molecule has 9 heteroatoms. The number of carboxylic acids is 1. The van der Waals surface area contributed by atoms with Crippen molar-refractivity contribution in [3.8, 4) is 0 Å². The number of thioether (sulfide) groups is 1. The van der Waals surface area contributed by atoms with Crippen molar-refractivity contribution in [3.63, 3.8) is 0 Å². The molecule has 1 amide bonds. The van der Waals surface area contributed by atoms with Gasteiger partial charge in [0.2, 0.25) is 0 Å². The van der Waals surface area contributed by atoms with E-state index in [1.54, 1.807) is 32.5 Å². The average molecular weight is 395 g/mol. The molecule has 0 saturated carbocycles. The van der Waals surface area contributed by atoms with Crippen molar-refractivity contribution in [2.45, 2.75) is 65.1 Å². The summed E-state index contributed by atoms with van der Waals surface area (Å²) >= 11 is 1.60. The maximum atomic E-state index is 11.5. The van der Waals surface area contributed by atoms with Gasteiger partial charge in [0.1, 0.15) is 17.7 Å². The normalized spacial score (nSPS) is 14.2. The van der Waals surface area contributed by atoms with E-state index < -0.39 is 35.7 Å². The number of nitrogens with one attached hydrogen (secondary N) is 1. The second-order valence-corrected chi connectivity index (χ2v) is 7.74. The molecule has 0 aliphatic rings. The fraction of sp³-hybridized carbons (Fsp3) is 0.824. The van der Waals surface area contributed by atoms with Gasteiger partial charge in [-0.1, -0.05) is 20.3 Å². The number of ether oxygens (including phenoxy) is 2. The van der Waals surface area contributed by atoms with Crippen molar-refractivity contribution in [3.05, 3.63) is 0 Å². The molecule has 0 aromatic rings. The second kappa shape index (κ2) is 13.7. The smallest absolute Gasteiger partial charge is 0.408 e. The van der Waals surface area contributed by atoms with Crippen molar-refractivity contribution in [2.75, 3.05) is 19.1 Å². The Morgan fingerprint density at radius 1 is 1.27 bits per heavy atom. The zero-order valence-electron chi connectivity index (χ0n) is 16.8. The van der Waals surface area contributed by atoms with Gasteiger partial charge in [-0.25, -0.2) is 9.59 Å². The Kier molecular flexibility index (Phi) is 14.1. The molecule has 0 bridgehead atoms. The lowest BCUT2D eigenvalue weighted by Gasteiger charge is -2.22. The predicted octanol–water partition coefficient (Wildman–Crippen LogP) is 2.25. The highest BCUT2D eigenvalue weighted by molar-refractivity contribution is 7.98. The SMILES string of the molecule is CC[C@H](C)[C@H](N)C(=O)O.COC(=O)[C@@H](CCSC)NC(=O)OC(C)(C)C. The van der Waals surface area contributed by atoms with Crippen LogP contribution in [0.5, 0.6) is 0 Å². The van der Waals surface area contributed by atoms with E-state index in [0.29, 0.717) is 6.42 Å². The molecule has 3 atom stereocenters. The van der Waals surface area contributed by atoms with Crippen molar-refractivity contribution in [2.24, 2.45) is 11.7 Å². The number of hydrogen-bond donors (Lipinski definition) is 3. The minimum atomic E-state index is -0.913. The quantitative estimate of drug-likeness (QED) is 0.535. The Morgan fingerprint density at radius 2 is 1.81 bits per heavy atom. The number of carbonyl (C=O) groups excluding carboxylic acids is 2. The highest BCUT2D eigenvalue weighted by Crippen LogP contribution is 2.08. The number of esters is 1. The zero-order chi connectivity index (χ0) is 20.9. The zero-order valence-corrected chi connectivity index (χ0v) is 17.6. The van der Waals surface area contributed by atoms with Gasteiger partial charge >= 0.3 is 18.0 Å². The van der Waals surface area contributed by atoms with E-state index in [4.69, 9.17) is 15.6 Å². The second-order valence-electron chi connectivity index (χ2n) is 6.75. The highest BCUT2D eigenvalue weighted by atomic mass is 32.2. The van der Waals surface area contributed by atoms with Crippen molar-refractivity contribution < 1.29 is 29.0 Å². The predicted molar refractivity (Wildman–Crippen MR) is 103 cm³/mol. The molecular formula is C17H34N2O6S. The number of hydrogen-bond acceptors (Lipinski definition) is 7. The maximum Gasteiger partial charge on any atom is 0.408 e. The van der Waals surface area contributed by atoms with Crippen LogP contribution in [0.1, 0.15) is 47.5 Å². The molecule has 0 rings (SSSR count). The highest BCUT2D eigenvalue weighted by Gasteiger charge is 2.24.